The number of hydrogen-bond donors (Lipinski definition) is 2. The topological polar surface area (TPSA) is 169 Å². The van der Waals surface area contributed by atoms with Gasteiger partial charge in [0.25, 0.3) is 0 Å². The van der Waals surface area contributed by atoms with E-state index < -0.39 is 17.3 Å². The zero-order valence-electron chi connectivity index (χ0n) is 41.5. The maximum atomic E-state index is 17.4. The van der Waals surface area contributed by atoms with Crippen LogP contribution in [0.15, 0.2) is 53.2 Å². The number of anilines is 1. The molecule has 4 aliphatic heterocycles. The van der Waals surface area contributed by atoms with Crippen LogP contribution < -0.4 is 19.7 Å². The van der Waals surface area contributed by atoms with Crippen LogP contribution in [-0.2, 0) is 20.7 Å². The van der Waals surface area contributed by atoms with Gasteiger partial charge < -0.3 is 38.5 Å². The monoisotopic (exact) mass is 986 g/mol. The number of imide groups is 1. The number of rotatable bonds is 15. The first kappa shape index (κ1) is 48.4. The first-order valence-electron chi connectivity index (χ1n) is 25.9. The molecule has 2 amide bonds. The number of aryl methyl sites for hydroxylation is 1. The number of amides is 2. The molecular formula is C55H64F2N8O7. The summed E-state index contributed by atoms with van der Waals surface area (Å²) >= 11 is 0. The lowest BCUT2D eigenvalue weighted by molar-refractivity contribution is -0.134. The fraction of sp³-hybridized carbons (Fsp3) is 0.527. The molecule has 7 heterocycles. The average molecular weight is 987 g/mol. The molecule has 4 saturated heterocycles. The summed E-state index contributed by atoms with van der Waals surface area (Å²) in [5.41, 5.74) is 2.39. The molecule has 72 heavy (non-hydrogen) atoms. The fourth-order valence-electron chi connectivity index (χ4n) is 12.0. The van der Waals surface area contributed by atoms with Crippen LogP contribution in [0, 0.1) is 23.0 Å². The van der Waals surface area contributed by atoms with Crippen molar-refractivity contribution < 1.29 is 42.2 Å². The normalized spacial score (nSPS) is 22.5. The van der Waals surface area contributed by atoms with Crippen molar-refractivity contribution in [3.8, 4) is 23.0 Å². The number of ether oxygens (including phenoxy) is 3. The SMILES string of the molecule is CCc1c(F)ccc2cc(OCOC)cc(-c3ncc4c(N5CCC[C@@](C)(O)C5)nc(OCC5(CN6CCC(CN7CCC(c8cccc9c(C%10CCC(=O)NC%10=O)noc89)CC7)CC6)CC5)nc4c3F)c12. The molecule has 1 saturated carbocycles. The van der Waals surface area contributed by atoms with Gasteiger partial charge in [0.1, 0.15) is 34.3 Å². The third kappa shape index (κ3) is 9.72. The van der Waals surface area contributed by atoms with Gasteiger partial charge in [0.2, 0.25) is 11.8 Å². The van der Waals surface area contributed by atoms with Gasteiger partial charge in [-0.2, -0.15) is 9.97 Å². The number of methoxy groups -OCH3 is 1. The van der Waals surface area contributed by atoms with E-state index in [1.165, 1.54) is 13.2 Å². The molecule has 6 aromatic rings. The van der Waals surface area contributed by atoms with Crippen molar-refractivity contribution in [1.29, 1.82) is 0 Å². The van der Waals surface area contributed by atoms with Gasteiger partial charge in [-0.3, -0.25) is 19.9 Å². The number of hydrogen-bond acceptors (Lipinski definition) is 14. The number of β-amino-alcohol motifs (C(OH)–C–C–N with tert-alkyl or cyclic N) is 1. The number of aliphatic hydroxyl groups is 1. The molecule has 0 bridgehead atoms. The van der Waals surface area contributed by atoms with E-state index in [0.717, 1.165) is 101 Å². The highest BCUT2D eigenvalue weighted by atomic mass is 19.1. The molecular weight excluding hydrogens is 923 g/mol. The van der Waals surface area contributed by atoms with Crippen LogP contribution in [0.4, 0.5) is 14.6 Å². The first-order chi connectivity index (χ1) is 34.9. The Morgan fingerprint density at radius 3 is 2.49 bits per heavy atom. The van der Waals surface area contributed by atoms with Crippen molar-refractivity contribution in [2.75, 3.05) is 77.8 Å². The Balaban J connectivity index is 0.753. The van der Waals surface area contributed by atoms with E-state index >= 15 is 8.78 Å². The molecule has 5 aliphatic rings. The summed E-state index contributed by atoms with van der Waals surface area (Å²) in [6, 6.07) is 12.8. The number of aromatic nitrogens is 4. The van der Waals surface area contributed by atoms with Crippen molar-refractivity contribution in [1.82, 2.24) is 35.2 Å². The fourth-order valence-corrected chi connectivity index (χ4v) is 12.0. The number of carbonyl (C=O) groups is 2. The number of piperidine rings is 4. The smallest absolute Gasteiger partial charge is 0.319 e. The summed E-state index contributed by atoms with van der Waals surface area (Å²) in [7, 11) is 1.52. The molecule has 380 valence electrons. The number of pyridine rings is 1. The molecule has 3 aromatic heterocycles. The third-order valence-corrected chi connectivity index (χ3v) is 16.1. The first-order valence-corrected chi connectivity index (χ1v) is 25.9. The quantitative estimate of drug-likeness (QED) is 0.0743. The zero-order chi connectivity index (χ0) is 49.7. The highest BCUT2D eigenvalue weighted by molar-refractivity contribution is 6.03. The van der Waals surface area contributed by atoms with Crippen molar-refractivity contribution in [3.63, 3.8) is 0 Å². The molecule has 2 atom stereocenters. The molecule has 0 radical (unpaired) electrons. The largest absolute Gasteiger partial charge is 0.468 e. The van der Waals surface area contributed by atoms with Crippen molar-refractivity contribution in [2.24, 2.45) is 11.3 Å². The number of carbonyl (C=O) groups excluding carboxylic acids is 2. The third-order valence-electron chi connectivity index (χ3n) is 16.1. The number of halogens is 2. The number of benzene rings is 3. The highest BCUT2D eigenvalue weighted by Gasteiger charge is 2.46. The minimum absolute atomic E-state index is 0.00705. The summed E-state index contributed by atoms with van der Waals surface area (Å²) in [6.07, 6.45) is 10.4. The molecule has 15 nitrogen and oxygen atoms in total. The van der Waals surface area contributed by atoms with Gasteiger partial charge in [-0.1, -0.05) is 30.3 Å². The number of fused-ring (bicyclic) bond motifs is 3. The predicted octanol–water partition coefficient (Wildman–Crippen LogP) is 8.43. The Morgan fingerprint density at radius 2 is 1.74 bits per heavy atom. The standard InChI is InChI=1S/C55H64F2N8O7/c1-4-37-43(56)11-9-35-25-36(71-32-69-3)26-41(45(35)37)48-46(57)49-42(27-58-48)51(65-20-6-17-54(2,68)29-65)61-53(60-49)70-31-55(18-19-55)30-64-21-13-33(14-22-64)28-63-23-15-34(16-24-63)38-7-5-8-39-47(62-72-50(38)39)40-10-12-44(66)59-52(40)67/h5,7-9,11,25-27,33-34,40,68H,4,6,10,12-24,28-32H2,1-3H3,(H,59,66,67)/t40?,54-/m1/s1. The predicted molar refractivity (Wildman–Crippen MR) is 268 cm³/mol. The Hall–Kier alpha value is -5.88. The van der Waals surface area contributed by atoms with Crippen LogP contribution in [0.25, 0.3) is 43.9 Å². The van der Waals surface area contributed by atoms with Crippen molar-refractivity contribution in [2.45, 2.75) is 102 Å². The van der Waals surface area contributed by atoms with E-state index in [1.807, 2.05) is 24.0 Å². The summed E-state index contributed by atoms with van der Waals surface area (Å²) in [6.45, 7) is 11.0. The Kier molecular flexibility index (Phi) is 13.3. The lowest BCUT2D eigenvalue weighted by atomic mass is 9.86. The van der Waals surface area contributed by atoms with Gasteiger partial charge in [-0.15, -0.1) is 0 Å². The van der Waals surface area contributed by atoms with Crippen LogP contribution in [0.3, 0.4) is 0 Å². The number of para-hydroxylation sites is 1. The van der Waals surface area contributed by atoms with Gasteiger partial charge in [-0.05, 0) is 150 Å². The van der Waals surface area contributed by atoms with Gasteiger partial charge in [0, 0.05) is 67.8 Å². The van der Waals surface area contributed by atoms with Crippen LogP contribution in [0.5, 0.6) is 11.8 Å². The van der Waals surface area contributed by atoms with E-state index in [1.54, 1.807) is 31.3 Å². The summed E-state index contributed by atoms with van der Waals surface area (Å²) in [5.74, 6) is -0.233. The van der Waals surface area contributed by atoms with E-state index in [-0.39, 0.29) is 47.1 Å². The zero-order valence-corrected chi connectivity index (χ0v) is 41.5. The van der Waals surface area contributed by atoms with E-state index in [0.29, 0.717) is 102 Å². The molecule has 17 heteroatoms. The van der Waals surface area contributed by atoms with Crippen molar-refractivity contribution >= 4 is 50.3 Å². The molecule has 5 fully saturated rings. The average Bonchev–Trinajstić information content (AvgIpc) is 4.01. The second kappa shape index (κ2) is 19.9. The second-order valence-corrected chi connectivity index (χ2v) is 21.4. The lowest BCUT2D eigenvalue weighted by Crippen LogP contribution is -2.46. The molecule has 2 N–H and O–H groups in total. The number of nitrogens with zero attached hydrogens (tertiary/aromatic N) is 7. The Morgan fingerprint density at radius 1 is 0.931 bits per heavy atom. The van der Waals surface area contributed by atoms with Gasteiger partial charge in [-0.25, -0.2) is 8.78 Å². The molecule has 3 aromatic carbocycles. The second-order valence-electron chi connectivity index (χ2n) is 21.4. The van der Waals surface area contributed by atoms with E-state index in [9.17, 15) is 14.7 Å². The van der Waals surface area contributed by atoms with E-state index in [4.69, 9.17) is 28.7 Å². The van der Waals surface area contributed by atoms with Gasteiger partial charge in [0.15, 0.2) is 18.2 Å². The number of nitrogens with one attached hydrogen (secondary N) is 1. The molecule has 11 rings (SSSR count). The number of likely N-dealkylation sites (tertiary alicyclic amines) is 2. The van der Waals surface area contributed by atoms with Crippen LogP contribution >= 0.6 is 0 Å². The molecule has 1 unspecified atom stereocenters. The van der Waals surface area contributed by atoms with Gasteiger partial charge >= 0.3 is 6.01 Å². The van der Waals surface area contributed by atoms with E-state index in [2.05, 4.69) is 31.3 Å². The molecule has 0 spiro atoms. The Bertz CT molecular complexity index is 3020. The minimum atomic E-state index is -0.962. The van der Waals surface area contributed by atoms with Crippen LogP contribution in [0.1, 0.15) is 107 Å². The van der Waals surface area contributed by atoms with Crippen molar-refractivity contribution in [3.05, 3.63) is 77.1 Å². The van der Waals surface area contributed by atoms with Gasteiger partial charge in [0.05, 0.1) is 23.5 Å². The van der Waals surface area contributed by atoms with Crippen LogP contribution in [0.2, 0.25) is 0 Å². The maximum absolute atomic E-state index is 17.4. The lowest BCUT2D eigenvalue weighted by Gasteiger charge is -2.38. The highest BCUT2D eigenvalue weighted by Crippen LogP contribution is 2.48. The summed E-state index contributed by atoms with van der Waals surface area (Å²) < 4.78 is 56.2. The summed E-state index contributed by atoms with van der Waals surface area (Å²) in [5, 5.41) is 20.5. The Labute approximate surface area is 417 Å². The summed E-state index contributed by atoms with van der Waals surface area (Å²) in [4.78, 5) is 45.9. The molecule has 1 aliphatic carbocycles. The minimum Gasteiger partial charge on any atom is -0.468 e. The maximum Gasteiger partial charge on any atom is 0.319 e. The van der Waals surface area contributed by atoms with Crippen LogP contribution in [-0.4, -0.2) is 125 Å².